The summed E-state index contributed by atoms with van der Waals surface area (Å²) in [6, 6.07) is -0.394. The lowest BCUT2D eigenvalue weighted by Gasteiger charge is -2.15. The average Bonchev–Trinajstić information content (AvgIpc) is 3.13. The topological polar surface area (TPSA) is 73.2 Å². The molecule has 18 heavy (non-hydrogen) atoms. The normalized spacial score (nSPS) is 16.2. The summed E-state index contributed by atoms with van der Waals surface area (Å²) in [6.07, 6.45) is 3.25. The highest BCUT2D eigenvalue weighted by Crippen LogP contribution is 2.20. The minimum Gasteiger partial charge on any atom is -0.489 e. The number of halogens is 1. The Labute approximate surface area is 109 Å². The largest absolute Gasteiger partial charge is 0.489 e. The summed E-state index contributed by atoms with van der Waals surface area (Å²) in [5.74, 6) is -0.254. The van der Waals surface area contributed by atoms with Crippen LogP contribution in [0.2, 0.25) is 5.15 Å². The van der Waals surface area contributed by atoms with Crippen molar-refractivity contribution in [1.82, 2.24) is 14.9 Å². The van der Waals surface area contributed by atoms with E-state index in [-0.39, 0.29) is 22.9 Å². The molecule has 0 bridgehead atoms. The highest BCUT2D eigenvalue weighted by molar-refractivity contribution is 6.30. The molecule has 98 valence electrons. The summed E-state index contributed by atoms with van der Waals surface area (Å²) < 4.78 is 6.09. The lowest BCUT2D eigenvalue weighted by molar-refractivity contribution is -0.124. The molecular formula is C11H14ClN3O3. The third kappa shape index (κ3) is 2.48. The van der Waals surface area contributed by atoms with Gasteiger partial charge in [0.05, 0.1) is 7.11 Å². The van der Waals surface area contributed by atoms with Crippen molar-refractivity contribution in [1.29, 1.82) is 0 Å². The summed E-state index contributed by atoms with van der Waals surface area (Å²) in [6.45, 7) is 1.63. The van der Waals surface area contributed by atoms with Gasteiger partial charge in [0.25, 0.3) is 5.56 Å². The number of hydrogen-bond donors (Lipinski definition) is 1. The summed E-state index contributed by atoms with van der Waals surface area (Å²) in [4.78, 5) is 27.7. The van der Waals surface area contributed by atoms with E-state index in [1.807, 2.05) is 0 Å². The van der Waals surface area contributed by atoms with Crippen LogP contribution >= 0.6 is 11.6 Å². The molecule has 1 aliphatic carbocycles. The van der Waals surface area contributed by atoms with Gasteiger partial charge < -0.3 is 10.1 Å². The van der Waals surface area contributed by atoms with Gasteiger partial charge in [-0.15, -0.1) is 0 Å². The third-order valence-electron chi connectivity index (χ3n) is 2.84. The van der Waals surface area contributed by atoms with E-state index in [0.29, 0.717) is 0 Å². The van der Waals surface area contributed by atoms with Crippen LogP contribution in [0.15, 0.2) is 11.1 Å². The van der Waals surface area contributed by atoms with E-state index in [0.717, 1.165) is 12.8 Å². The Morgan fingerprint density at radius 2 is 2.33 bits per heavy atom. The zero-order valence-corrected chi connectivity index (χ0v) is 10.9. The molecule has 1 aromatic rings. The number of nitrogens with zero attached hydrogens (tertiary/aromatic N) is 2. The van der Waals surface area contributed by atoms with Crippen molar-refractivity contribution >= 4 is 17.5 Å². The SMILES string of the molecule is COc1c(Cl)ncn(C(C)C(=O)NC2CC2)c1=O. The van der Waals surface area contributed by atoms with Gasteiger partial charge in [0.2, 0.25) is 11.7 Å². The average molecular weight is 272 g/mol. The number of ether oxygens (including phenoxy) is 1. The molecule has 0 aromatic carbocycles. The number of carbonyl (C=O) groups excluding carboxylic acids is 1. The molecule has 0 radical (unpaired) electrons. The maximum atomic E-state index is 12.0. The Hall–Kier alpha value is -1.56. The van der Waals surface area contributed by atoms with Gasteiger partial charge >= 0.3 is 0 Å². The summed E-state index contributed by atoms with van der Waals surface area (Å²) in [7, 11) is 1.34. The molecule has 1 amide bonds. The highest BCUT2D eigenvalue weighted by Gasteiger charge is 2.27. The second-order valence-corrected chi connectivity index (χ2v) is 4.60. The number of hydrogen-bond acceptors (Lipinski definition) is 4. The first-order valence-electron chi connectivity index (χ1n) is 5.65. The standard InChI is InChI=1S/C11H14ClN3O3/c1-6(10(16)14-7-3-4-7)15-5-13-9(12)8(18-2)11(15)17/h5-7H,3-4H2,1-2H3,(H,14,16). The van der Waals surface area contributed by atoms with Crippen LogP contribution in [0.5, 0.6) is 5.75 Å². The number of amides is 1. The molecule has 1 fully saturated rings. The minimum atomic E-state index is -0.642. The number of carbonyl (C=O) groups is 1. The first kappa shape index (κ1) is 12.9. The molecule has 1 aromatic heterocycles. The van der Waals surface area contributed by atoms with Crippen molar-refractivity contribution in [2.24, 2.45) is 0 Å². The van der Waals surface area contributed by atoms with Crippen molar-refractivity contribution in [2.45, 2.75) is 31.8 Å². The van der Waals surface area contributed by atoms with Gasteiger partial charge in [-0.25, -0.2) is 4.98 Å². The molecule has 0 spiro atoms. The van der Waals surface area contributed by atoms with Gasteiger partial charge in [0.15, 0.2) is 5.15 Å². The predicted octanol–water partition coefficient (Wildman–Crippen LogP) is 0.745. The molecule has 2 rings (SSSR count). The van der Waals surface area contributed by atoms with Crippen molar-refractivity contribution in [3.05, 3.63) is 21.8 Å². The lowest BCUT2D eigenvalue weighted by Crippen LogP contribution is -2.37. The quantitative estimate of drug-likeness (QED) is 0.820. The first-order valence-corrected chi connectivity index (χ1v) is 6.03. The van der Waals surface area contributed by atoms with E-state index in [1.54, 1.807) is 6.92 Å². The van der Waals surface area contributed by atoms with Gasteiger partial charge in [-0.05, 0) is 19.8 Å². The molecule has 1 heterocycles. The number of nitrogens with one attached hydrogen (secondary N) is 1. The molecule has 7 heteroatoms. The molecule has 6 nitrogen and oxygen atoms in total. The molecule has 1 unspecified atom stereocenters. The third-order valence-corrected chi connectivity index (χ3v) is 3.11. The van der Waals surface area contributed by atoms with E-state index in [2.05, 4.69) is 10.3 Å². The Kier molecular flexibility index (Phi) is 3.56. The van der Waals surface area contributed by atoms with E-state index in [4.69, 9.17) is 16.3 Å². The van der Waals surface area contributed by atoms with E-state index in [9.17, 15) is 9.59 Å². The molecule has 1 saturated carbocycles. The van der Waals surface area contributed by atoms with Crippen LogP contribution in [0.3, 0.4) is 0 Å². The predicted molar refractivity (Wildman–Crippen MR) is 65.9 cm³/mol. The Bertz CT molecular complexity index is 525. The van der Waals surface area contributed by atoms with Crippen LogP contribution in [-0.4, -0.2) is 28.6 Å². The second-order valence-electron chi connectivity index (χ2n) is 4.24. The van der Waals surface area contributed by atoms with Crippen LogP contribution in [0.1, 0.15) is 25.8 Å². The smallest absolute Gasteiger partial charge is 0.298 e. The van der Waals surface area contributed by atoms with E-state index in [1.165, 1.54) is 18.0 Å². The van der Waals surface area contributed by atoms with E-state index >= 15 is 0 Å². The fraction of sp³-hybridized carbons (Fsp3) is 0.545. The molecular weight excluding hydrogens is 258 g/mol. The number of rotatable bonds is 4. The summed E-state index contributed by atoms with van der Waals surface area (Å²) >= 11 is 5.73. The number of aromatic nitrogens is 2. The van der Waals surface area contributed by atoms with Crippen LogP contribution in [0.4, 0.5) is 0 Å². The Balaban J connectivity index is 2.26. The monoisotopic (exact) mass is 271 g/mol. The zero-order chi connectivity index (χ0) is 13.3. The van der Waals surface area contributed by atoms with Crippen molar-refractivity contribution in [3.63, 3.8) is 0 Å². The molecule has 0 aliphatic heterocycles. The van der Waals surface area contributed by atoms with Crippen molar-refractivity contribution < 1.29 is 9.53 Å². The number of methoxy groups -OCH3 is 1. The van der Waals surface area contributed by atoms with Gasteiger partial charge in [-0.3, -0.25) is 14.2 Å². The van der Waals surface area contributed by atoms with Gasteiger partial charge in [0, 0.05) is 6.04 Å². The Morgan fingerprint density at radius 1 is 1.67 bits per heavy atom. The van der Waals surface area contributed by atoms with Crippen LogP contribution in [-0.2, 0) is 4.79 Å². The minimum absolute atomic E-state index is 0.00597. The first-order chi connectivity index (χ1) is 8.54. The van der Waals surface area contributed by atoms with Crippen LogP contribution in [0, 0.1) is 0 Å². The van der Waals surface area contributed by atoms with E-state index < -0.39 is 11.6 Å². The maximum Gasteiger partial charge on any atom is 0.298 e. The fourth-order valence-electron chi connectivity index (χ4n) is 1.55. The van der Waals surface area contributed by atoms with Gasteiger partial charge in [-0.2, -0.15) is 0 Å². The Morgan fingerprint density at radius 3 is 2.89 bits per heavy atom. The summed E-state index contributed by atoms with van der Waals surface area (Å²) in [5, 5.41) is 2.83. The van der Waals surface area contributed by atoms with Gasteiger partial charge in [-0.1, -0.05) is 11.6 Å². The molecule has 1 aliphatic rings. The zero-order valence-electron chi connectivity index (χ0n) is 10.1. The maximum absolute atomic E-state index is 12.0. The second kappa shape index (κ2) is 4.97. The van der Waals surface area contributed by atoms with Crippen LogP contribution in [0.25, 0.3) is 0 Å². The van der Waals surface area contributed by atoms with Gasteiger partial charge in [0.1, 0.15) is 12.4 Å². The molecule has 1 atom stereocenters. The molecule has 0 saturated heterocycles. The fourth-order valence-corrected chi connectivity index (χ4v) is 1.75. The van der Waals surface area contributed by atoms with Crippen LogP contribution < -0.4 is 15.6 Å². The summed E-state index contributed by atoms with van der Waals surface area (Å²) in [5.41, 5.74) is -0.462. The van der Waals surface area contributed by atoms with Crippen molar-refractivity contribution in [2.75, 3.05) is 7.11 Å². The highest BCUT2D eigenvalue weighted by atomic mass is 35.5. The lowest BCUT2D eigenvalue weighted by atomic mass is 10.3. The molecule has 1 N–H and O–H groups in total. The van der Waals surface area contributed by atoms with Crippen molar-refractivity contribution in [3.8, 4) is 5.75 Å².